The molecule has 0 spiro atoms. The molecule has 6 heteroatoms. The number of nitrogens with zero attached hydrogens (tertiary/aromatic N) is 5. The van der Waals surface area contributed by atoms with Gasteiger partial charge in [-0.2, -0.15) is 10.1 Å². The average molecular weight is 361 g/mol. The fourth-order valence-electron chi connectivity index (χ4n) is 3.72. The van der Waals surface area contributed by atoms with E-state index in [9.17, 15) is 4.79 Å². The predicted molar refractivity (Wildman–Crippen MR) is 104 cm³/mol. The van der Waals surface area contributed by atoms with Crippen molar-refractivity contribution in [1.29, 1.82) is 0 Å². The minimum Gasteiger partial charge on any atom is -0.339 e. The smallest absolute Gasteiger partial charge is 0.252 e. The summed E-state index contributed by atoms with van der Waals surface area (Å²) in [5.41, 5.74) is 5.59. The Morgan fingerprint density at radius 3 is 2.74 bits per heavy atom. The summed E-state index contributed by atoms with van der Waals surface area (Å²) in [6.45, 7) is 5.43. The van der Waals surface area contributed by atoms with E-state index in [4.69, 9.17) is 0 Å². The summed E-state index contributed by atoms with van der Waals surface area (Å²) >= 11 is 0. The Bertz CT molecular complexity index is 1010. The average Bonchev–Trinajstić information content (AvgIpc) is 3.17. The summed E-state index contributed by atoms with van der Waals surface area (Å²) in [5.74, 6) is 0.797. The molecule has 4 rings (SSSR count). The molecule has 27 heavy (non-hydrogen) atoms. The number of aromatic nitrogens is 4. The summed E-state index contributed by atoms with van der Waals surface area (Å²) in [7, 11) is 0. The van der Waals surface area contributed by atoms with Crippen LogP contribution in [0.1, 0.15) is 35.4 Å². The van der Waals surface area contributed by atoms with E-state index >= 15 is 0 Å². The molecule has 3 aromatic rings. The second-order valence-electron chi connectivity index (χ2n) is 6.92. The van der Waals surface area contributed by atoms with Crippen LogP contribution in [0.3, 0.4) is 0 Å². The molecule has 0 radical (unpaired) electrons. The Morgan fingerprint density at radius 1 is 1.19 bits per heavy atom. The number of rotatable bonds is 4. The van der Waals surface area contributed by atoms with E-state index in [0.29, 0.717) is 25.2 Å². The summed E-state index contributed by atoms with van der Waals surface area (Å²) in [4.78, 5) is 23.3. The molecule has 0 aliphatic carbocycles. The zero-order chi connectivity index (χ0) is 18.8. The van der Waals surface area contributed by atoms with Crippen LogP contribution >= 0.6 is 0 Å². The molecule has 6 nitrogen and oxygen atoms in total. The molecule has 0 atom stereocenters. The standard InChI is InChI=1S/C21H23N5O/c1-15-19(16(2)26-21(24-15)22-14-23-26)8-9-20(27)25-12-10-18(11-13-25)17-6-4-3-5-7-17/h3-7,10,14H,8-9,11-13H2,1-2H3. The lowest BCUT2D eigenvalue weighted by atomic mass is 9.99. The number of hydrogen-bond donors (Lipinski definition) is 0. The monoisotopic (exact) mass is 361 g/mol. The van der Waals surface area contributed by atoms with Gasteiger partial charge in [0, 0.05) is 30.9 Å². The van der Waals surface area contributed by atoms with Crippen LogP contribution in [0.25, 0.3) is 11.4 Å². The molecule has 0 unspecified atom stereocenters. The van der Waals surface area contributed by atoms with Gasteiger partial charge in [-0.05, 0) is 43.4 Å². The van der Waals surface area contributed by atoms with Crippen LogP contribution in [0, 0.1) is 13.8 Å². The van der Waals surface area contributed by atoms with Crippen molar-refractivity contribution in [2.45, 2.75) is 33.1 Å². The highest BCUT2D eigenvalue weighted by Gasteiger charge is 2.19. The highest BCUT2D eigenvalue weighted by atomic mass is 16.2. The van der Waals surface area contributed by atoms with Crippen LogP contribution in [-0.2, 0) is 11.2 Å². The second-order valence-corrected chi connectivity index (χ2v) is 6.92. The third-order valence-corrected chi connectivity index (χ3v) is 5.28. The van der Waals surface area contributed by atoms with Gasteiger partial charge in [-0.1, -0.05) is 36.4 Å². The van der Waals surface area contributed by atoms with Gasteiger partial charge in [0.25, 0.3) is 5.78 Å². The van der Waals surface area contributed by atoms with Gasteiger partial charge in [-0.3, -0.25) is 4.79 Å². The molecule has 0 saturated heterocycles. The van der Waals surface area contributed by atoms with Gasteiger partial charge in [-0.25, -0.2) is 9.50 Å². The van der Waals surface area contributed by atoms with Crippen molar-refractivity contribution < 1.29 is 4.79 Å². The van der Waals surface area contributed by atoms with E-state index in [0.717, 1.165) is 29.9 Å². The van der Waals surface area contributed by atoms with Gasteiger partial charge < -0.3 is 4.90 Å². The second kappa shape index (κ2) is 7.31. The first kappa shape index (κ1) is 17.4. The maximum absolute atomic E-state index is 12.7. The topological polar surface area (TPSA) is 63.4 Å². The van der Waals surface area contributed by atoms with Gasteiger partial charge >= 0.3 is 0 Å². The molecule has 0 fully saturated rings. The van der Waals surface area contributed by atoms with Crippen molar-refractivity contribution in [3.8, 4) is 0 Å². The Balaban J connectivity index is 1.41. The number of hydrogen-bond acceptors (Lipinski definition) is 4. The van der Waals surface area contributed by atoms with Crippen molar-refractivity contribution in [3.63, 3.8) is 0 Å². The van der Waals surface area contributed by atoms with E-state index in [-0.39, 0.29) is 5.91 Å². The number of fused-ring (bicyclic) bond motifs is 1. The normalized spacial score (nSPS) is 14.4. The van der Waals surface area contributed by atoms with Crippen LogP contribution in [-0.4, -0.2) is 43.5 Å². The van der Waals surface area contributed by atoms with Gasteiger partial charge in [-0.15, -0.1) is 0 Å². The van der Waals surface area contributed by atoms with Crippen molar-refractivity contribution in [2.24, 2.45) is 0 Å². The molecule has 3 heterocycles. The molecule has 2 aromatic heterocycles. The summed E-state index contributed by atoms with van der Waals surface area (Å²) in [5, 5.41) is 4.21. The molecule has 0 bridgehead atoms. The molecule has 0 N–H and O–H groups in total. The van der Waals surface area contributed by atoms with Gasteiger partial charge in [0.15, 0.2) is 0 Å². The van der Waals surface area contributed by atoms with E-state index in [1.165, 1.54) is 17.5 Å². The van der Waals surface area contributed by atoms with Crippen LogP contribution in [0.4, 0.5) is 0 Å². The highest BCUT2D eigenvalue weighted by Crippen LogP contribution is 2.23. The zero-order valence-corrected chi connectivity index (χ0v) is 15.7. The summed E-state index contributed by atoms with van der Waals surface area (Å²) < 4.78 is 1.74. The van der Waals surface area contributed by atoms with E-state index in [1.807, 2.05) is 24.8 Å². The van der Waals surface area contributed by atoms with Crippen molar-refractivity contribution in [3.05, 3.63) is 65.2 Å². The lowest BCUT2D eigenvalue weighted by Gasteiger charge is -2.27. The quantitative estimate of drug-likeness (QED) is 0.717. The van der Waals surface area contributed by atoms with Crippen molar-refractivity contribution in [2.75, 3.05) is 13.1 Å². The molecule has 1 aliphatic heterocycles. The largest absolute Gasteiger partial charge is 0.339 e. The van der Waals surface area contributed by atoms with Gasteiger partial charge in [0.05, 0.1) is 0 Å². The summed E-state index contributed by atoms with van der Waals surface area (Å²) in [6.07, 6.45) is 5.74. The fraction of sp³-hybridized carbons (Fsp3) is 0.333. The minimum absolute atomic E-state index is 0.191. The van der Waals surface area contributed by atoms with Crippen LogP contribution in [0.15, 0.2) is 42.7 Å². The maximum Gasteiger partial charge on any atom is 0.252 e. The molecule has 0 saturated carbocycles. The fourth-order valence-corrected chi connectivity index (χ4v) is 3.72. The van der Waals surface area contributed by atoms with Crippen LogP contribution in [0.5, 0.6) is 0 Å². The van der Waals surface area contributed by atoms with Crippen LogP contribution in [0.2, 0.25) is 0 Å². The Kier molecular flexibility index (Phi) is 4.71. The van der Waals surface area contributed by atoms with Crippen molar-refractivity contribution >= 4 is 17.3 Å². The molecular formula is C21H23N5O. The third-order valence-electron chi connectivity index (χ3n) is 5.28. The number of amides is 1. The first-order chi connectivity index (χ1) is 13.1. The lowest BCUT2D eigenvalue weighted by molar-refractivity contribution is -0.130. The molecule has 138 valence electrons. The number of carbonyl (C=O) groups excluding carboxylic acids is 1. The Hall–Kier alpha value is -3.02. The SMILES string of the molecule is Cc1nc2ncnn2c(C)c1CCC(=O)N1CC=C(c2ccccc2)CC1. The molecule has 1 aromatic carbocycles. The lowest BCUT2D eigenvalue weighted by Crippen LogP contribution is -2.34. The zero-order valence-electron chi connectivity index (χ0n) is 15.7. The van der Waals surface area contributed by atoms with Gasteiger partial charge in [0.1, 0.15) is 6.33 Å². The number of aryl methyl sites for hydroxylation is 2. The molecule has 1 aliphatic rings. The van der Waals surface area contributed by atoms with Crippen LogP contribution < -0.4 is 0 Å². The van der Waals surface area contributed by atoms with E-state index in [1.54, 1.807) is 4.52 Å². The third kappa shape index (κ3) is 3.47. The molecule has 1 amide bonds. The molecular weight excluding hydrogens is 338 g/mol. The van der Waals surface area contributed by atoms with E-state index < -0.39 is 0 Å². The first-order valence-electron chi connectivity index (χ1n) is 9.31. The highest BCUT2D eigenvalue weighted by molar-refractivity contribution is 5.78. The maximum atomic E-state index is 12.7. The first-order valence-corrected chi connectivity index (χ1v) is 9.31. The minimum atomic E-state index is 0.191. The predicted octanol–water partition coefficient (Wildman–Crippen LogP) is 2.99. The number of carbonyl (C=O) groups is 1. The summed E-state index contributed by atoms with van der Waals surface area (Å²) in [6, 6.07) is 10.4. The van der Waals surface area contributed by atoms with E-state index in [2.05, 4.69) is 45.4 Å². The van der Waals surface area contributed by atoms with Gasteiger partial charge in [0.2, 0.25) is 5.91 Å². The van der Waals surface area contributed by atoms with Crippen molar-refractivity contribution in [1.82, 2.24) is 24.5 Å². The Labute approximate surface area is 158 Å². The number of benzene rings is 1. The Morgan fingerprint density at radius 2 is 2.00 bits per heavy atom.